The Balaban J connectivity index is 1.59. The van der Waals surface area contributed by atoms with E-state index in [1.165, 1.54) is 7.05 Å². The fourth-order valence-corrected chi connectivity index (χ4v) is 6.39. The Kier molecular flexibility index (Phi) is 13.3. The van der Waals surface area contributed by atoms with Gasteiger partial charge in [0.25, 0.3) is 5.91 Å². The van der Waals surface area contributed by atoms with Gasteiger partial charge in [-0.3, -0.25) is 19.5 Å². The molecule has 0 spiro atoms. The molecule has 0 fully saturated rings. The van der Waals surface area contributed by atoms with Gasteiger partial charge >= 0.3 is 6.09 Å². The molecule has 10 heteroatoms. The molecule has 0 unspecified atom stereocenters. The van der Waals surface area contributed by atoms with Crippen LogP contribution in [0.5, 0.6) is 5.75 Å². The average molecular weight is 695 g/mol. The van der Waals surface area contributed by atoms with Crippen molar-refractivity contribution < 1.29 is 29.3 Å². The van der Waals surface area contributed by atoms with E-state index in [-0.39, 0.29) is 25.4 Å². The Morgan fingerprint density at radius 1 is 0.824 bits per heavy atom. The SMILES string of the molecule is Cc1cccc(C)c1OCC(=O)N[C@@H](Cc1ccccc1)C[C@H](O)[C@H](Cc1ccc(-c2ccccn2)cc1)NC(=O)[C@@H](N(C)C(=O)O)C(C)(C)C. The monoisotopic (exact) mass is 694 g/mol. The molecule has 0 radical (unpaired) electrons. The third-order valence-corrected chi connectivity index (χ3v) is 8.89. The molecule has 1 heterocycles. The van der Waals surface area contributed by atoms with Crippen LogP contribution < -0.4 is 15.4 Å². The minimum Gasteiger partial charge on any atom is -0.483 e. The van der Waals surface area contributed by atoms with Crippen LogP contribution in [0.1, 0.15) is 49.4 Å². The van der Waals surface area contributed by atoms with Crippen molar-refractivity contribution in [2.24, 2.45) is 5.41 Å². The summed E-state index contributed by atoms with van der Waals surface area (Å²) in [7, 11) is 1.37. The first kappa shape index (κ1) is 38.6. The minimum absolute atomic E-state index is 0.107. The molecule has 3 aromatic carbocycles. The van der Waals surface area contributed by atoms with Gasteiger partial charge in [0, 0.05) is 24.8 Å². The van der Waals surface area contributed by atoms with Crippen LogP contribution in [-0.2, 0) is 22.4 Å². The van der Waals surface area contributed by atoms with Gasteiger partial charge in [-0.15, -0.1) is 0 Å². The van der Waals surface area contributed by atoms with Gasteiger partial charge in [-0.25, -0.2) is 4.79 Å². The molecule has 1 aromatic heterocycles. The van der Waals surface area contributed by atoms with Crippen LogP contribution in [0, 0.1) is 19.3 Å². The van der Waals surface area contributed by atoms with Crippen LogP contribution in [0.4, 0.5) is 4.79 Å². The molecule has 0 saturated carbocycles. The van der Waals surface area contributed by atoms with Crippen LogP contribution in [-0.4, -0.2) is 75.9 Å². The smallest absolute Gasteiger partial charge is 0.407 e. The fraction of sp³-hybridized carbons (Fsp3) is 0.366. The molecule has 4 rings (SSSR count). The number of para-hydroxylation sites is 1. The molecule has 0 aliphatic heterocycles. The number of hydrogen-bond donors (Lipinski definition) is 4. The van der Waals surface area contributed by atoms with E-state index in [1.807, 2.05) is 105 Å². The number of aliphatic hydroxyl groups excluding tert-OH is 1. The van der Waals surface area contributed by atoms with Crippen molar-refractivity contribution >= 4 is 17.9 Å². The zero-order valence-electron chi connectivity index (χ0n) is 30.3. The third kappa shape index (κ3) is 11.1. The van der Waals surface area contributed by atoms with E-state index in [2.05, 4.69) is 15.6 Å². The normalized spacial score (nSPS) is 13.7. The summed E-state index contributed by atoms with van der Waals surface area (Å²) in [5.74, 6) is -0.205. The van der Waals surface area contributed by atoms with Crippen LogP contribution in [0.2, 0.25) is 0 Å². The van der Waals surface area contributed by atoms with Gasteiger partial charge in [-0.05, 0) is 72.9 Å². The van der Waals surface area contributed by atoms with Gasteiger partial charge in [0.2, 0.25) is 5.91 Å². The Morgan fingerprint density at radius 2 is 1.45 bits per heavy atom. The summed E-state index contributed by atoms with van der Waals surface area (Å²) in [6.07, 6.45) is 0.167. The maximum atomic E-state index is 13.9. The quantitative estimate of drug-likeness (QED) is 0.120. The van der Waals surface area contributed by atoms with Crippen molar-refractivity contribution in [1.82, 2.24) is 20.5 Å². The first-order valence-electron chi connectivity index (χ1n) is 17.2. The summed E-state index contributed by atoms with van der Waals surface area (Å²) in [6.45, 7) is 9.03. The van der Waals surface area contributed by atoms with E-state index in [0.717, 1.165) is 38.4 Å². The first-order valence-corrected chi connectivity index (χ1v) is 17.2. The maximum Gasteiger partial charge on any atom is 0.407 e. The lowest BCUT2D eigenvalue weighted by Crippen LogP contribution is -2.58. The Morgan fingerprint density at radius 3 is 2.04 bits per heavy atom. The highest BCUT2D eigenvalue weighted by molar-refractivity contribution is 5.86. The van der Waals surface area contributed by atoms with Crippen LogP contribution in [0.15, 0.2) is 97.2 Å². The number of likely N-dealkylation sites (N-methyl/N-ethyl adjacent to an activating group) is 1. The van der Waals surface area contributed by atoms with E-state index < -0.39 is 41.6 Å². The number of amides is 3. The number of hydrogen-bond acceptors (Lipinski definition) is 6. The number of benzene rings is 3. The molecule has 4 N–H and O–H groups in total. The number of nitrogens with one attached hydrogen (secondary N) is 2. The van der Waals surface area contributed by atoms with Crippen LogP contribution in [0.25, 0.3) is 11.3 Å². The second-order valence-electron chi connectivity index (χ2n) is 14.2. The number of rotatable bonds is 15. The summed E-state index contributed by atoms with van der Waals surface area (Å²) in [5, 5.41) is 27.7. The van der Waals surface area contributed by atoms with E-state index >= 15 is 0 Å². The molecule has 4 aromatic rings. The van der Waals surface area contributed by atoms with Gasteiger partial charge in [0.05, 0.1) is 17.8 Å². The van der Waals surface area contributed by atoms with Crippen molar-refractivity contribution in [3.05, 3.63) is 119 Å². The van der Waals surface area contributed by atoms with E-state index in [0.29, 0.717) is 12.2 Å². The largest absolute Gasteiger partial charge is 0.483 e. The molecular weight excluding hydrogens is 644 g/mol. The van der Waals surface area contributed by atoms with E-state index in [1.54, 1.807) is 27.0 Å². The topological polar surface area (TPSA) is 141 Å². The molecule has 0 saturated heterocycles. The number of carbonyl (C=O) groups is 3. The van der Waals surface area contributed by atoms with E-state index in [4.69, 9.17) is 4.74 Å². The number of nitrogens with zero attached hydrogens (tertiary/aromatic N) is 2. The van der Waals surface area contributed by atoms with Crippen molar-refractivity contribution in [2.45, 2.75) is 78.1 Å². The first-order chi connectivity index (χ1) is 24.2. The molecule has 4 atom stereocenters. The molecule has 3 amide bonds. The number of ether oxygens (including phenoxy) is 1. The summed E-state index contributed by atoms with van der Waals surface area (Å²) in [4.78, 5) is 44.6. The standard InChI is InChI=1S/C41H50N4O6/c1-27-13-12-14-28(2)37(27)51-26-36(47)43-32(23-29-15-8-7-9-16-29)25-35(46)34(44-39(48)38(41(3,4)5)45(6)40(49)50)24-30-18-20-31(21-19-30)33-17-10-11-22-42-33/h7-22,32,34-35,38,46H,23-26H2,1-6H3,(H,43,47)(H,44,48)(H,49,50)/t32-,34-,35-,38+/m0/s1. The molecule has 270 valence electrons. The number of carboxylic acid groups (broad SMARTS) is 1. The van der Waals surface area contributed by atoms with Gasteiger partial charge in [0.1, 0.15) is 11.8 Å². The zero-order chi connectivity index (χ0) is 37.1. The number of aromatic nitrogens is 1. The summed E-state index contributed by atoms with van der Waals surface area (Å²) >= 11 is 0. The molecule has 0 bridgehead atoms. The van der Waals surface area contributed by atoms with Gasteiger partial charge in [0.15, 0.2) is 6.61 Å². The Labute approximate surface area is 300 Å². The van der Waals surface area contributed by atoms with Crippen molar-refractivity contribution in [2.75, 3.05) is 13.7 Å². The van der Waals surface area contributed by atoms with Crippen LogP contribution >= 0.6 is 0 Å². The number of aryl methyl sites for hydroxylation is 2. The van der Waals surface area contributed by atoms with Gasteiger partial charge in [-0.2, -0.15) is 0 Å². The lowest BCUT2D eigenvalue weighted by molar-refractivity contribution is -0.131. The fourth-order valence-electron chi connectivity index (χ4n) is 6.39. The zero-order valence-corrected chi connectivity index (χ0v) is 30.3. The van der Waals surface area contributed by atoms with E-state index in [9.17, 15) is 24.6 Å². The molecule has 0 aliphatic carbocycles. The number of carbonyl (C=O) groups excluding carboxylic acids is 2. The second kappa shape index (κ2) is 17.6. The van der Waals surface area contributed by atoms with Gasteiger partial charge in [-0.1, -0.05) is 99.6 Å². The number of pyridine rings is 1. The average Bonchev–Trinajstić information content (AvgIpc) is 3.08. The molecule has 51 heavy (non-hydrogen) atoms. The predicted octanol–water partition coefficient (Wildman–Crippen LogP) is 5.97. The summed E-state index contributed by atoms with van der Waals surface area (Å²) in [5.41, 5.74) is 4.66. The van der Waals surface area contributed by atoms with Crippen molar-refractivity contribution in [3.63, 3.8) is 0 Å². The number of aliphatic hydroxyl groups is 1. The third-order valence-electron chi connectivity index (χ3n) is 8.89. The Hall–Kier alpha value is -5.22. The second-order valence-corrected chi connectivity index (χ2v) is 14.2. The Bertz CT molecular complexity index is 1720. The summed E-state index contributed by atoms with van der Waals surface area (Å²) in [6, 6.07) is 26.5. The maximum absolute atomic E-state index is 13.9. The van der Waals surface area contributed by atoms with Crippen LogP contribution in [0.3, 0.4) is 0 Å². The molecular formula is C41H50N4O6. The van der Waals surface area contributed by atoms with Crippen molar-refractivity contribution in [1.29, 1.82) is 0 Å². The summed E-state index contributed by atoms with van der Waals surface area (Å²) < 4.78 is 5.92. The lowest BCUT2D eigenvalue weighted by atomic mass is 9.84. The highest BCUT2D eigenvalue weighted by Crippen LogP contribution is 2.26. The highest BCUT2D eigenvalue weighted by Gasteiger charge is 2.39. The minimum atomic E-state index is -1.24. The molecule has 0 aliphatic rings. The molecule has 10 nitrogen and oxygen atoms in total. The highest BCUT2D eigenvalue weighted by atomic mass is 16.5. The lowest BCUT2D eigenvalue weighted by Gasteiger charge is -2.37. The van der Waals surface area contributed by atoms with Crippen molar-refractivity contribution in [3.8, 4) is 17.0 Å². The van der Waals surface area contributed by atoms with Gasteiger partial charge < -0.3 is 25.6 Å². The predicted molar refractivity (Wildman–Crippen MR) is 198 cm³/mol.